The van der Waals surface area contributed by atoms with Crippen LogP contribution >= 0.6 is 0 Å². The number of ether oxygens (including phenoxy) is 1. The van der Waals surface area contributed by atoms with Crippen molar-refractivity contribution in [2.75, 3.05) is 12.4 Å². The van der Waals surface area contributed by atoms with Gasteiger partial charge in [0.25, 0.3) is 5.69 Å². The Labute approximate surface area is 114 Å². The number of benzene rings is 1. The van der Waals surface area contributed by atoms with E-state index in [0.29, 0.717) is 23.5 Å². The first kappa shape index (κ1) is 13.5. The summed E-state index contributed by atoms with van der Waals surface area (Å²) in [6.45, 7) is 0. The summed E-state index contributed by atoms with van der Waals surface area (Å²) < 4.78 is 5.48. The van der Waals surface area contributed by atoms with Gasteiger partial charge in [-0.3, -0.25) is 19.9 Å². The van der Waals surface area contributed by atoms with E-state index in [1.165, 1.54) is 18.3 Å². The number of aldehydes is 1. The van der Waals surface area contributed by atoms with E-state index in [2.05, 4.69) is 10.3 Å². The molecule has 1 N–H and O–H groups in total. The summed E-state index contributed by atoms with van der Waals surface area (Å²) in [4.78, 5) is 24.9. The molecule has 0 saturated carbocycles. The monoisotopic (exact) mass is 273 g/mol. The van der Waals surface area contributed by atoms with Crippen molar-refractivity contribution in [2.24, 2.45) is 0 Å². The minimum absolute atomic E-state index is 0.0883. The molecule has 0 bridgehead atoms. The number of nitrogens with zero attached hydrogens (tertiary/aromatic N) is 2. The van der Waals surface area contributed by atoms with Crippen LogP contribution < -0.4 is 10.1 Å². The Balaban J connectivity index is 2.31. The number of anilines is 1. The van der Waals surface area contributed by atoms with E-state index in [4.69, 9.17) is 4.74 Å². The molecule has 1 aromatic heterocycles. The lowest BCUT2D eigenvalue weighted by molar-refractivity contribution is -0.384. The Morgan fingerprint density at radius 2 is 2.05 bits per heavy atom. The SMILES string of the molecule is CNc1ccc(Oc2ccnc(C=O)c2)cc1[N+](=O)[O-]. The summed E-state index contributed by atoms with van der Waals surface area (Å²) in [5.74, 6) is 0.687. The zero-order chi connectivity index (χ0) is 14.5. The van der Waals surface area contributed by atoms with Gasteiger partial charge in [0.15, 0.2) is 6.29 Å². The number of aromatic nitrogens is 1. The van der Waals surface area contributed by atoms with E-state index in [1.54, 1.807) is 25.2 Å². The second kappa shape index (κ2) is 5.79. The van der Waals surface area contributed by atoms with Crippen molar-refractivity contribution >= 4 is 17.7 Å². The number of carbonyl (C=O) groups excluding carboxylic acids is 1. The summed E-state index contributed by atoms with van der Waals surface area (Å²) >= 11 is 0. The molecule has 1 aromatic carbocycles. The van der Waals surface area contributed by atoms with Crippen LogP contribution in [0.5, 0.6) is 11.5 Å². The molecule has 0 aliphatic carbocycles. The first-order valence-electron chi connectivity index (χ1n) is 5.69. The highest BCUT2D eigenvalue weighted by Gasteiger charge is 2.14. The molecule has 0 amide bonds. The smallest absolute Gasteiger partial charge is 0.296 e. The van der Waals surface area contributed by atoms with Crippen LogP contribution in [0.15, 0.2) is 36.5 Å². The molecule has 7 heteroatoms. The minimum Gasteiger partial charge on any atom is -0.457 e. The molecule has 102 valence electrons. The molecule has 0 spiro atoms. The van der Waals surface area contributed by atoms with Gasteiger partial charge in [-0.2, -0.15) is 0 Å². The Bertz CT molecular complexity index is 658. The van der Waals surface area contributed by atoms with Gasteiger partial charge in [0.05, 0.1) is 11.0 Å². The molecule has 7 nitrogen and oxygen atoms in total. The summed E-state index contributed by atoms with van der Waals surface area (Å²) in [5.41, 5.74) is 0.532. The number of pyridine rings is 1. The van der Waals surface area contributed by atoms with Gasteiger partial charge in [0.1, 0.15) is 22.9 Å². The zero-order valence-corrected chi connectivity index (χ0v) is 10.6. The number of hydrogen-bond donors (Lipinski definition) is 1. The third kappa shape index (κ3) is 2.89. The molecule has 0 atom stereocenters. The molecule has 0 aliphatic heterocycles. The van der Waals surface area contributed by atoms with Crippen LogP contribution in [0, 0.1) is 10.1 Å². The average molecular weight is 273 g/mol. The highest BCUT2D eigenvalue weighted by molar-refractivity contribution is 5.72. The van der Waals surface area contributed by atoms with Crippen LogP contribution in [0.3, 0.4) is 0 Å². The molecule has 0 aliphatic rings. The Morgan fingerprint density at radius 3 is 2.70 bits per heavy atom. The normalized spacial score (nSPS) is 9.85. The topological polar surface area (TPSA) is 94.4 Å². The lowest BCUT2D eigenvalue weighted by Crippen LogP contribution is -1.97. The van der Waals surface area contributed by atoms with Gasteiger partial charge < -0.3 is 10.1 Å². The van der Waals surface area contributed by atoms with Crippen molar-refractivity contribution in [3.8, 4) is 11.5 Å². The van der Waals surface area contributed by atoms with E-state index in [1.807, 2.05) is 0 Å². The van der Waals surface area contributed by atoms with E-state index in [-0.39, 0.29) is 11.4 Å². The zero-order valence-electron chi connectivity index (χ0n) is 10.6. The predicted octanol–water partition coefficient (Wildman–Crippen LogP) is 2.64. The summed E-state index contributed by atoms with van der Waals surface area (Å²) in [6.07, 6.45) is 2.02. The van der Waals surface area contributed by atoms with Crippen LogP contribution in [0.4, 0.5) is 11.4 Å². The van der Waals surface area contributed by atoms with Crippen molar-refractivity contribution in [2.45, 2.75) is 0 Å². The molecule has 0 saturated heterocycles. The quantitative estimate of drug-likeness (QED) is 0.511. The van der Waals surface area contributed by atoms with Gasteiger partial charge in [-0.25, -0.2) is 0 Å². The third-order valence-corrected chi connectivity index (χ3v) is 2.54. The van der Waals surface area contributed by atoms with E-state index >= 15 is 0 Å². The molecule has 2 rings (SSSR count). The number of nitro benzene ring substituents is 1. The van der Waals surface area contributed by atoms with Gasteiger partial charge >= 0.3 is 0 Å². The van der Waals surface area contributed by atoms with E-state index in [9.17, 15) is 14.9 Å². The first-order valence-corrected chi connectivity index (χ1v) is 5.69. The third-order valence-electron chi connectivity index (χ3n) is 2.54. The van der Waals surface area contributed by atoms with Crippen molar-refractivity contribution in [1.82, 2.24) is 4.98 Å². The molecular weight excluding hydrogens is 262 g/mol. The number of nitrogens with one attached hydrogen (secondary N) is 1. The fourth-order valence-corrected chi connectivity index (χ4v) is 1.63. The number of rotatable bonds is 5. The summed E-state index contributed by atoms with van der Waals surface area (Å²) in [6, 6.07) is 7.47. The highest BCUT2D eigenvalue weighted by Crippen LogP contribution is 2.31. The minimum atomic E-state index is -0.498. The average Bonchev–Trinajstić information content (AvgIpc) is 2.47. The standard InChI is InChI=1S/C13H11N3O4/c1-14-12-3-2-10(7-13(12)16(18)19)20-11-4-5-15-9(6-11)8-17/h2-8,14H,1H3. The highest BCUT2D eigenvalue weighted by atomic mass is 16.6. The fourth-order valence-electron chi connectivity index (χ4n) is 1.63. The number of carbonyl (C=O) groups is 1. The lowest BCUT2D eigenvalue weighted by Gasteiger charge is -2.07. The Morgan fingerprint density at radius 1 is 1.30 bits per heavy atom. The molecule has 0 fully saturated rings. The van der Waals surface area contributed by atoms with E-state index in [0.717, 1.165) is 0 Å². The first-order chi connectivity index (χ1) is 9.63. The Hall–Kier alpha value is -2.96. The Kier molecular flexibility index (Phi) is 3.90. The molecule has 1 heterocycles. The van der Waals surface area contributed by atoms with Crippen LogP contribution in [0.1, 0.15) is 10.5 Å². The van der Waals surface area contributed by atoms with Gasteiger partial charge in [0.2, 0.25) is 0 Å². The van der Waals surface area contributed by atoms with Crippen LogP contribution in [0.25, 0.3) is 0 Å². The van der Waals surface area contributed by atoms with Crippen molar-refractivity contribution in [3.63, 3.8) is 0 Å². The lowest BCUT2D eigenvalue weighted by atomic mass is 10.2. The summed E-state index contributed by atoms with van der Waals surface area (Å²) in [5, 5.41) is 13.7. The van der Waals surface area contributed by atoms with E-state index < -0.39 is 4.92 Å². The maximum absolute atomic E-state index is 10.9. The van der Waals surface area contributed by atoms with Crippen LogP contribution in [0.2, 0.25) is 0 Å². The van der Waals surface area contributed by atoms with Gasteiger partial charge in [-0.15, -0.1) is 0 Å². The second-order valence-corrected chi connectivity index (χ2v) is 3.82. The van der Waals surface area contributed by atoms with Gasteiger partial charge in [-0.05, 0) is 18.2 Å². The van der Waals surface area contributed by atoms with Gasteiger partial charge in [-0.1, -0.05) is 0 Å². The fraction of sp³-hybridized carbons (Fsp3) is 0.0769. The largest absolute Gasteiger partial charge is 0.457 e. The maximum Gasteiger partial charge on any atom is 0.296 e. The van der Waals surface area contributed by atoms with Crippen molar-refractivity contribution in [1.29, 1.82) is 0 Å². The van der Waals surface area contributed by atoms with Gasteiger partial charge in [0, 0.05) is 19.3 Å². The number of hydrogen-bond acceptors (Lipinski definition) is 6. The molecule has 0 unspecified atom stereocenters. The van der Waals surface area contributed by atoms with Crippen molar-refractivity contribution < 1.29 is 14.5 Å². The van der Waals surface area contributed by atoms with Crippen molar-refractivity contribution in [3.05, 3.63) is 52.3 Å². The maximum atomic E-state index is 10.9. The number of nitro groups is 1. The molecule has 2 aromatic rings. The molecule has 20 heavy (non-hydrogen) atoms. The molecule has 0 radical (unpaired) electrons. The van der Waals surface area contributed by atoms with Crippen LogP contribution in [-0.2, 0) is 0 Å². The predicted molar refractivity (Wildman–Crippen MR) is 72.3 cm³/mol. The second-order valence-electron chi connectivity index (χ2n) is 3.82. The molecular formula is C13H11N3O4. The van der Waals surface area contributed by atoms with Crippen LogP contribution in [-0.4, -0.2) is 23.2 Å². The summed E-state index contributed by atoms with van der Waals surface area (Å²) in [7, 11) is 1.60.